The summed E-state index contributed by atoms with van der Waals surface area (Å²) in [5.74, 6) is 1.11. The molecule has 1 amide bonds. The summed E-state index contributed by atoms with van der Waals surface area (Å²) in [5, 5.41) is 7.99. The average molecular weight is 650 g/mol. The molecule has 5 aliphatic carbocycles. The quantitative estimate of drug-likeness (QED) is 0.350. The van der Waals surface area contributed by atoms with Gasteiger partial charge in [-0.2, -0.15) is 0 Å². The lowest BCUT2D eigenvalue weighted by molar-refractivity contribution is -0.163. The van der Waals surface area contributed by atoms with Crippen LogP contribution < -0.4 is 5.32 Å². The summed E-state index contributed by atoms with van der Waals surface area (Å²) in [7, 11) is 1.66. The van der Waals surface area contributed by atoms with Gasteiger partial charge in [-0.25, -0.2) is 0 Å². The maximum Gasteiger partial charge on any atom is 0.326 e. The number of fused-ring (bicyclic) bond motifs is 8. The van der Waals surface area contributed by atoms with Crippen LogP contribution in [0.15, 0.2) is 22.4 Å². The highest BCUT2D eigenvalue weighted by molar-refractivity contribution is 5.95. The van der Waals surface area contributed by atoms with Gasteiger partial charge in [-0.05, 0) is 112 Å². The van der Waals surface area contributed by atoms with Crippen LogP contribution in [0.25, 0.3) is 0 Å². The largest absolute Gasteiger partial charge is 0.459 e. The minimum absolute atomic E-state index is 0.0840. The van der Waals surface area contributed by atoms with E-state index >= 15 is 0 Å². The zero-order valence-electron chi connectivity index (χ0n) is 30.9. The Balaban J connectivity index is 1.31. The summed E-state index contributed by atoms with van der Waals surface area (Å²) in [6, 6.07) is 0. The molecule has 0 saturated heterocycles. The maximum absolute atomic E-state index is 14.8. The molecular formula is C39H59N3O5. The summed E-state index contributed by atoms with van der Waals surface area (Å²) < 4.78 is 11.3. The second-order valence-corrected chi connectivity index (χ2v) is 19.1. The van der Waals surface area contributed by atoms with Crippen LogP contribution in [0.1, 0.15) is 126 Å². The van der Waals surface area contributed by atoms with Crippen molar-refractivity contribution in [2.24, 2.45) is 39.4 Å². The molecule has 7 atom stereocenters. The Morgan fingerprint density at radius 1 is 1.04 bits per heavy atom. The first-order chi connectivity index (χ1) is 21.6. The molecule has 0 aliphatic heterocycles. The molecule has 8 nitrogen and oxygen atoms in total. The predicted octanol–water partition coefficient (Wildman–Crippen LogP) is 6.81. The summed E-state index contributed by atoms with van der Waals surface area (Å²) in [5.41, 5.74) is 1.12. The Morgan fingerprint density at radius 3 is 2.40 bits per heavy atom. The number of carbonyl (C=O) groups excluding carboxylic acids is 3. The highest BCUT2D eigenvalue weighted by Gasteiger charge is 2.70. The van der Waals surface area contributed by atoms with Crippen molar-refractivity contribution >= 4 is 17.7 Å². The predicted molar refractivity (Wildman–Crippen MR) is 181 cm³/mol. The van der Waals surface area contributed by atoms with Gasteiger partial charge in [0.15, 0.2) is 5.78 Å². The number of hydrogen-bond acceptors (Lipinski definition) is 7. The van der Waals surface area contributed by atoms with Crippen molar-refractivity contribution in [3.8, 4) is 0 Å². The summed E-state index contributed by atoms with van der Waals surface area (Å²) in [4.78, 5) is 42.1. The minimum atomic E-state index is -0.601. The Kier molecular flexibility index (Phi) is 7.87. The van der Waals surface area contributed by atoms with Crippen LogP contribution in [0.2, 0.25) is 0 Å². The monoisotopic (exact) mass is 649 g/mol. The Labute approximate surface area is 282 Å². The molecule has 8 heteroatoms. The molecule has 1 heterocycles. The third-order valence-corrected chi connectivity index (χ3v) is 14.1. The van der Waals surface area contributed by atoms with Gasteiger partial charge in [0.1, 0.15) is 17.9 Å². The van der Waals surface area contributed by atoms with Gasteiger partial charge in [0.25, 0.3) is 0 Å². The zero-order chi connectivity index (χ0) is 34.6. The number of aromatic nitrogens is 1. The summed E-state index contributed by atoms with van der Waals surface area (Å²) in [6.07, 6.45) is 11.8. The Hall–Kier alpha value is -2.48. The second kappa shape index (κ2) is 10.8. The molecule has 0 bridgehead atoms. The lowest BCUT2D eigenvalue weighted by Gasteiger charge is -2.69. The van der Waals surface area contributed by atoms with Crippen molar-refractivity contribution in [1.82, 2.24) is 15.4 Å². The van der Waals surface area contributed by atoms with Gasteiger partial charge in [0.05, 0.1) is 12.7 Å². The third kappa shape index (κ3) is 5.25. The standard InChI is InChI=1S/C39H59N3O5/c1-33(2,3)46-30(45)23-42(11)29(44)22-40-39-16-14-34(4,5)20-25(39)31-26(43)18-28-36(8)19-24-21-41-47-32(24)35(6,7)27(36)12-13-37(28,9)38(31,10)15-17-39/h18,21,25,27,31,40H,12-17,19-20,22-23H2,1-11H3/t25-,27-,31-,36-,37+,38+,39-/m0/s1. The van der Waals surface area contributed by atoms with E-state index in [9.17, 15) is 14.4 Å². The molecular weight excluding hydrogens is 590 g/mol. The van der Waals surface area contributed by atoms with E-state index in [1.54, 1.807) is 7.05 Å². The molecule has 6 rings (SSSR count). The first kappa shape index (κ1) is 34.4. The lowest BCUT2D eigenvalue weighted by atomic mass is 9.34. The lowest BCUT2D eigenvalue weighted by Crippen LogP contribution is -2.69. The number of likely N-dealkylation sites (N-methyl/N-ethyl adjacent to an activating group) is 1. The van der Waals surface area contributed by atoms with Crippen LogP contribution >= 0.6 is 0 Å². The highest BCUT2D eigenvalue weighted by atomic mass is 16.6. The van der Waals surface area contributed by atoms with E-state index in [2.05, 4.69) is 65.0 Å². The van der Waals surface area contributed by atoms with Crippen LogP contribution in [0, 0.1) is 39.4 Å². The molecule has 47 heavy (non-hydrogen) atoms. The summed E-state index contributed by atoms with van der Waals surface area (Å²) >= 11 is 0. The maximum atomic E-state index is 14.8. The van der Waals surface area contributed by atoms with Crippen molar-refractivity contribution in [2.75, 3.05) is 20.1 Å². The van der Waals surface area contributed by atoms with E-state index in [-0.39, 0.29) is 69.2 Å². The van der Waals surface area contributed by atoms with Crippen LogP contribution in [-0.4, -0.2) is 59.0 Å². The molecule has 5 aliphatic rings. The Bertz CT molecular complexity index is 1500. The van der Waals surface area contributed by atoms with Gasteiger partial charge in [-0.1, -0.05) is 59.2 Å². The van der Waals surface area contributed by atoms with Crippen molar-refractivity contribution in [3.05, 3.63) is 29.2 Å². The fourth-order valence-electron chi connectivity index (χ4n) is 11.7. The van der Waals surface area contributed by atoms with Crippen LogP contribution in [-0.2, 0) is 31.0 Å². The first-order valence-corrected chi connectivity index (χ1v) is 18.0. The van der Waals surface area contributed by atoms with Crippen LogP contribution in [0.4, 0.5) is 0 Å². The van der Waals surface area contributed by atoms with Crippen molar-refractivity contribution < 1.29 is 23.6 Å². The number of nitrogens with one attached hydrogen (secondary N) is 1. The van der Waals surface area contributed by atoms with E-state index < -0.39 is 11.6 Å². The van der Waals surface area contributed by atoms with Gasteiger partial charge >= 0.3 is 5.97 Å². The number of ketones is 1. The molecule has 3 saturated carbocycles. The molecule has 0 unspecified atom stereocenters. The molecule has 260 valence electrons. The molecule has 3 fully saturated rings. The fraction of sp³-hybridized carbons (Fsp3) is 0.795. The number of rotatable bonds is 5. The number of nitrogens with zero attached hydrogens (tertiary/aromatic N) is 2. The van der Waals surface area contributed by atoms with Crippen molar-refractivity contribution in [1.29, 1.82) is 0 Å². The number of hydrogen-bond donors (Lipinski definition) is 1. The van der Waals surface area contributed by atoms with Crippen LogP contribution in [0.3, 0.4) is 0 Å². The molecule has 0 aromatic carbocycles. The molecule has 1 aromatic rings. The van der Waals surface area contributed by atoms with Gasteiger partial charge in [0.2, 0.25) is 5.91 Å². The van der Waals surface area contributed by atoms with E-state index in [4.69, 9.17) is 9.26 Å². The minimum Gasteiger partial charge on any atom is -0.459 e. The average Bonchev–Trinajstić information content (AvgIpc) is 3.41. The first-order valence-electron chi connectivity index (χ1n) is 18.0. The van der Waals surface area contributed by atoms with Crippen LogP contribution in [0.5, 0.6) is 0 Å². The third-order valence-electron chi connectivity index (χ3n) is 14.1. The van der Waals surface area contributed by atoms with Crippen molar-refractivity contribution in [2.45, 2.75) is 137 Å². The van der Waals surface area contributed by atoms with E-state index in [1.807, 2.05) is 27.0 Å². The molecule has 1 aromatic heterocycles. The van der Waals surface area contributed by atoms with Gasteiger partial charge in [-0.15, -0.1) is 0 Å². The SMILES string of the molecule is CN(CC(=O)OC(C)(C)C)C(=O)CN[C@]12CCC(C)(C)C[C@H]1[C@H]1C(=O)C=C3[C@@]4(C)Cc5cnoc5C(C)(C)[C@@H]4CC[C@@]3(C)[C@]1(C)CC2. The normalized spacial score (nSPS) is 38.5. The number of amides is 1. The highest BCUT2D eigenvalue weighted by Crippen LogP contribution is 2.73. The van der Waals surface area contributed by atoms with Crippen molar-refractivity contribution in [3.63, 3.8) is 0 Å². The smallest absolute Gasteiger partial charge is 0.326 e. The number of carbonyl (C=O) groups is 3. The van der Waals surface area contributed by atoms with E-state index in [1.165, 1.54) is 16.0 Å². The second-order valence-electron chi connectivity index (χ2n) is 19.1. The molecule has 0 radical (unpaired) electrons. The molecule has 1 N–H and O–H groups in total. The number of esters is 1. The topological polar surface area (TPSA) is 102 Å². The number of allylic oxidation sites excluding steroid dienone is 2. The van der Waals surface area contributed by atoms with Gasteiger partial charge < -0.3 is 19.5 Å². The fourth-order valence-corrected chi connectivity index (χ4v) is 11.7. The number of ether oxygens (including phenoxy) is 1. The zero-order valence-corrected chi connectivity index (χ0v) is 30.9. The summed E-state index contributed by atoms with van der Waals surface area (Å²) in [6.45, 7) is 22.1. The van der Waals surface area contributed by atoms with Gasteiger partial charge in [-0.3, -0.25) is 14.4 Å². The molecule has 0 spiro atoms. The Morgan fingerprint density at radius 2 is 1.72 bits per heavy atom. The van der Waals surface area contributed by atoms with E-state index in [0.717, 1.165) is 57.1 Å². The van der Waals surface area contributed by atoms with E-state index in [0.29, 0.717) is 5.92 Å². The van der Waals surface area contributed by atoms with Gasteiger partial charge in [0, 0.05) is 29.5 Å².